The van der Waals surface area contributed by atoms with Gasteiger partial charge in [-0.15, -0.1) is 0 Å². The first-order valence-electron chi connectivity index (χ1n) is 4.02. The molecule has 1 aliphatic rings. The highest BCUT2D eigenvalue weighted by atomic mass is 15.5. The Labute approximate surface area is 66.4 Å². The summed E-state index contributed by atoms with van der Waals surface area (Å²) in [5.74, 6) is 2.34. The van der Waals surface area contributed by atoms with Crippen LogP contribution in [0.3, 0.4) is 0 Å². The Bertz CT molecular complexity index is 217. The van der Waals surface area contributed by atoms with Gasteiger partial charge in [-0.25, -0.2) is 0 Å². The third kappa shape index (κ3) is 1.27. The Kier molecular flexibility index (Phi) is 1.64. The van der Waals surface area contributed by atoms with Crippen molar-refractivity contribution in [2.75, 3.05) is 0 Å². The second-order valence-corrected chi connectivity index (χ2v) is 3.17. The molecule has 0 amide bonds. The molecule has 0 saturated heterocycles. The Balaban J connectivity index is 1.91. The van der Waals surface area contributed by atoms with E-state index in [9.17, 15) is 0 Å². The fourth-order valence-electron chi connectivity index (χ4n) is 1.42. The van der Waals surface area contributed by atoms with E-state index in [4.69, 9.17) is 0 Å². The maximum absolute atomic E-state index is 4.06. The zero-order valence-corrected chi connectivity index (χ0v) is 6.70. The number of rotatable bonds is 2. The minimum atomic E-state index is 0.738. The standard InChI is InChI=1S/C8H12N3/c1-7-2-3-8(7)6-11-9-4-5-10-11/h4-5,8H,2-3,6H2,1H3. The summed E-state index contributed by atoms with van der Waals surface area (Å²) in [5, 5.41) is 8.13. The third-order valence-electron chi connectivity index (χ3n) is 2.43. The first kappa shape index (κ1) is 6.83. The van der Waals surface area contributed by atoms with E-state index in [2.05, 4.69) is 17.1 Å². The lowest BCUT2D eigenvalue weighted by Crippen LogP contribution is -2.26. The van der Waals surface area contributed by atoms with Crippen molar-refractivity contribution in [2.45, 2.75) is 26.3 Å². The normalized spacial score (nSPS) is 25.0. The molecule has 1 saturated carbocycles. The molecule has 0 aliphatic heterocycles. The molecule has 0 aromatic carbocycles. The Hall–Kier alpha value is -0.860. The summed E-state index contributed by atoms with van der Waals surface area (Å²) < 4.78 is 0. The van der Waals surface area contributed by atoms with Gasteiger partial charge in [0.1, 0.15) is 0 Å². The lowest BCUT2D eigenvalue weighted by atomic mass is 9.75. The van der Waals surface area contributed by atoms with Crippen LogP contribution in [-0.2, 0) is 6.54 Å². The van der Waals surface area contributed by atoms with E-state index < -0.39 is 0 Å². The van der Waals surface area contributed by atoms with Crippen LogP contribution in [0.5, 0.6) is 0 Å². The van der Waals surface area contributed by atoms with Crippen LogP contribution >= 0.6 is 0 Å². The second kappa shape index (κ2) is 2.64. The first-order chi connectivity index (χ1) is 5.36. The van der Waals surface area contributed by atoms with Crippen LogP contribution in [0.15, 0.2) is 12.4 Å². The van der Waals surface area contributed by atoms with Gasteiger partial charge in [-0.1, -0.05) is 6.92 Å². The van der Waals surface area contributed by atoms with Gasteiger partial charge in [0.15, 0.2) is 0 Å². The van der Waals surface area contributed by atoms with E-state index in [1.807, 2.05) is 0 Å². The Morgan fingerprint density at radius 3 is 2.73 bits per heavy atom. The molecule has 1 unspecified atom stereocenters. The van der Waals surface area contributed by atoms with Crippen molar-refractivity contribution in [3.05, 3.63) is 18.3 Å². The topological polar surface area (TPSA) is 30.7 Å². The van der Waals surface area contributed by atoms with Crippen LogP contribution in [-0.4, -0.2) is 15.0 Å². The van der Waals surface area contributed by atoms with Gasteiger partial charge in [-0.05, 0) is 24.7 Å². The van der Waals surface area contributed by atoms with E-state index in [1.165, 1.54) is 12.8 Å². The fourth-order valence-corrected chi connectivity index (χ4v) is 1.42. The first-order valence-corrected chi connectivity index (χ1v) is 4.02. The summed E-state index contributed by atoms with van der Waals surface area (Å²) in [6.45, 7) is 3.19. The van der Waals surface area contributed by atoms with Gasteiger partial charge in [0, 0.05) is 0 Å². The lowest BCUT2D eigenvalue weighted by molar-refractivity contribution is 0.292. The Morgan fingerprint density at radius 1 is 1.55 bits per heavy atom. The maximum Gasteiger partial charge on any atom is 0.0693 e. The molecule has 1 aromatic rings. The van der Waals surface area contributed by atoms with Gasteiger partial charge < -0.3 is 0 Å². The number of nitrogens with zero attached hydrogens (tertiary/aromatic N) is 3. The van der Waals surface area contributed by atoms with E-state index in [-0.39, 0.29) is 0 Å². The highest BCUT2D eigenvalue weighted by molar-refractivity contribution is 5.01. The number of hydrogen-bond donors (Lipinski definition) is 0. The predicted molar refractivity (Wildman–Crippen MR) is 41.7 cm³/mol. The summed E-state index contributed by atoms with van der Waals surface area (Å²) in [4.78, 5) is 1.77. The molecule has 1 atom stereocenters. The van der Waals surface area contributed by atoms with Gasteiger partial charge in [-0.3, -0.25) is 0 Å². The van der Waals surface area contributed by atoms with Crippen LogP contribution in [0.4, 0.5) is 0 Å². The molecule has 2 rings (SSSR count). The van der Waals surface area contributed by atoms with E-state index in [0.717, 1.165) is 12.5 Å². The number of hydrogen-bond acceptors (Lipinski definition) is 2. The van der Waals surface area contributed by atoms with Gasteiger partial charge in [0.05, 0.1) is 18.9 Å². The summed E-state index contributed by atoms with van der Waals surface area (Å²) in [6, 6.07) is 0. The molecule has 1 fully saturated rings. The summed E-state index contributed by atoms with van der Waals surface area (Å²) in [5.41, 5.74) is 0. The van der Waals surface area contributed by atoms with E-state index in [0.29, 0.717) is 0 Å². The van der Waals surface area contributed by atoms with Gasteiger partial charge in [-0.2, -0.15) is 15.0 Å². The minimum absolute atomic E-state index is 0.738. The summed E-state index contributed by atoms with van der Waals surface area (Å²) >= 11 is 0. The molecular weight excluding hydrogens is 138 g/mol. The van der Waals surface area contributed by atoms with Gasteiger partial charge in [0.2, 0.25) is 0 Å². The van der Waals surface area contributed by atoms with E-state index >= 15 is 0 Å². The highest BCUT2D eigenvalue weighted by Crippen LogP contribution is 2.36. The lowest BCUT2D eigenvalue weighted by Gasteiger charge is -2.32. The van der Waals surface area contributed by atoms with Crippen molar-refractivity contribution in [3.8, 4) is 0 Å². The van der Waals surface area contributed by atoms with Gasteiger partial charge in [0.25, 0.3) is 0 Å². The number of aromatic nitrogens is 3. The smallest absolute Gasteiger partial charge is 0.0693 e. The quantitative estimate of drug-likeness (QED) is 0.636. The van der Waals surface area contributed by atoms with Crippen LogP contribution in [0, 0.1) is 11.8 Å². The zero-order chi connectivity index (χ0) is 7.68. The maximum atomic E-state index is 4.06. The minimum Gasteiger partial charge on any atom is -0.185 e. The monoisotopic (exact) mass is 150 g/mol. The molecule has 59 valence electrons. The largest absolute Gasteiger partial charge is 0.185 e. The van der Waals surface area contributed by atoms with Crippen LogP contribution in [0.2, 0.25) is 0 Å². The molecule has 3 nitrogen and oxygen atoms in total. The highest BCUT2D eigenvalue weighted by Gasteiger charge is 2.27. The Morgan fingerprint density at radius 2 is 2.27 bits per heavy atom. The van der Waals surface area contributed by atoms with Crippen molar-refractivity contribution < 1.29 is 0 Å². The fraction of sp³-hybridized carbons (Fsp3) is 0.625. The van der Waals surface area contributed by atoms with Crippen molar-refractivity contribution in [2.24, 2.45) is 5.92 Å². The molecule has 1 radical (unpaired) electrons. The third-order valence-corrected chi connectivity index (χ3v) is 2.43. The summed E-state index contributed by atoms with van der Waals surface area (Å²) in [6.07, 6.45) is 6.07. The average molecular weight is 150 g/mol. The average Bonchev–Trinajstić information content (AvgIpc) is 2.49. The van der Waals surface area contributed by atoms with Crippen molar-refractivity contribution in [1.29, 1.82) is 0 Å². The zero-order valence-electron chi connectivity index (χ0n) is 6.70. The molecule has 0 bridgehead atoms. The van der Waals surface area contributed by atoms with Crippen LogP contribution < -0.4 is 0 Å². The molecule has 1 aliphatic carbocycles. The van der Waals surface area contributed by atoms with Crippen LogP contribution in [0.1, 0.15) is 19.8 Å². The molecular formula is C8H12N3. The molecule has 0 N–H and O–H groups in total. The molecule has 1 heterocycles. The van der Waals surface area contributed by atoms with Gasteiger partial charge >= 0.3 is 0 Å². The molecule has 3 heteroatoms. The van der Waals surface area contributed by atoms with Crippen molar-refractivity contribution in [1.82, 2.24) is 15.0 Å². The second-order valence-electron chi connectivity index (χ2n) is 3.17. The molecule has 1 aromatic heterocycles. The predicted octanol–water partition coefficient (Wildman–Crippen LogP) is 1.28. The van der Waals surface area contributed by atoms with Crippen molar-refractivity contribution in [3.63, 3.8) is 0 Å². The van der Waals surface area contributed by atoms with Crippen molar-refractivity contribution >= 4 is 0 Å². The summed E-state index contributed by atoms with van der Waals surface area (Å²) in [7, 11) is 0. The SMILES string of the molecule is C[C]1CCC1Cn1nccn1. The van der Waals surface area contributed by atoms with Crippen LogP contribution in [0.25, 0.3) is 0 Å². The molecule has 0 spiro atoms. The van der Waals surface area contributed by atoms with E-state index in [1.54, 1.807) is 23.1 Å². The molecule has 11 heavy (non-hydrogen) atoms.